The molecule has 1 aliphatic rings. The zero-order valence-corrected chi connectivity index (χ0v) is 10.7. The van der Waals surface area contributed by atoms with Crippen molar-refractivity contribution in [2.24, 2.45) is 11.7 Å². The van der Waals surface area contributed by atoms with Crippen LogP contribution in [0.25, 0.3) is 0 Å². The Morgan fingerprint density at radius 2 is 2.00 bits per heavy atom. The summed E-state index contributed by atoms with van der Waals surface area (Å²) in [5.41, 5.74) is 8.68. The Kier molecular flexibility index (Phi) is 4.66. The van der Waals surface area contributed by atoms with Gasteiger partial charge in [0.1, 0.15) is 5.76 Å². The van der Waals surface area contributed by atoms with Gasteiger partial charge in [0.05, 0.1) is 12.3 Å². The maximum Gasteiger partial charge on any atom is 0.142 e. The highest BCUT2D eigenvalue weighted by Crippen LogP contribution is 2.27. The van der Waals surface area contributed by atoms with Crippen LogP contribution in [0.2, 0.25) is 0 Å². The SMILES string of the molecule is C=C(C)/C(N)=C(\C=C(C)C)OCC1CCC1. The van der Waals surface area contributed by atoms with Crippen LogP contribution in [0.4, 0.5) is 0 Å². The highest BCUT2D eigenvalue weighted by atomic mass is 16.5. The summed E-state index contributed by atoms with van der Waals surface area (Å²) < 4.78 is 5.80. The van der Waals surface area contributed by atoms with Crippen molar-refractivity contribution in [2.75, 3.05) is 6.61 Å². The molecule has 0 atom stereocenters. The largest absolute Gasteiger partial charge is 0.491 e. The van der Waals surface area contributed by atoms with Crippen LogP contribution in [0, 0.1) is 5.92 Å². The Labute approximate surface area is 98.9 Å². The fourth-order valence-electron chi connectivity index (χ4n) is 1.54. The molecule has 0 aromatic heterocycles. The van der Waals surface area contributed by atoms with Gasteiger partial charge in [-0.15, -0.1) is 0 Å². The first-order chi connectivity index (χ1) is 7.50. The second-order valence-corrected chi connectivity index (χ2v) is 4.89. The molecule has 2 heteroatoms. The second-order valence-electron chi connectivity index (χ2n) is 4.89. The van der Waals surface area contributed by atoms with Crippen LogP contribution >= 0.6 is 0 Å². The van der Waals surface area contributed by atoms with Crippen molar-refractivity contribution in [1.82, 2.24) is 0 Å². The lowest BCUT2D eigenvalue weighted by molar-refractivity contribution is 0.126. The van der Waals surface area contributed by atoms with Crippen molar-refractivity contribution >= 4 is 0 Å². The Balaban J connectivity index is 2.66. The summed E-state index contributed by atoms with van der Waals surface area (Å²) in [6, 6.07) is 0. The second kappa shape index (κ2) is 5.78. The molecule has 1 rings (SSSR count). The molecule has 2 N–H and O–H groups in total. The average Bonchev–Trinajstić information content (AvgIpc) is 2.11. The van der Waals surface area contributed by atoms with E-state index in [1.54, 1.807) is 0 Å². The molecule has 2 nitrogen and oxygen atoms in total. The molecule has 0 heterocycles. The summed E-state index contributed by atoms with van der Waals surface area (Å²) in [5.74, 6) is 1.50. The smallest absolute Gasteiger partial charge is 0.142 e. The monoisotopic (exact) mass is 221 g/mol. The van der Waals surface area contributed by atoms with Gasteiger partial charge < -0.3 is 10.5 Å². The normalized spacial score (nSPS) is 17.2. The van der Waals surface area contributed by atoms with Gasteiger partial charge in [0.2, 0.25) is 0 Å². The zero-order chi connectivity index (χ0) is 12.1. The Morgan fingerprint density at radius 1 is 1.38 bits per heavy atom. The Bertz CT molecular complexity index is 318. The molecule has 0 aliphatic heterocycles. The lowest BCUT2D eigenvalue weighted by atomic mass is 9.86. The molecule has 90 valence electrons. The van der Waals surface area contributed by atoms with Gasteiger partial charge in [-0.1, -0.05) is 18.6 Å². The molecule has 0 saturated heterocycles. The minimum absolute atomic E-state index is 0.667. The van der Waals surface area contributed by atoms with Crippen LogP contribution in [-0.4, -0.2) is 6.61 Å². The number of hydrogen-bond donors (Lipinski definition) is 1. The van der Waals surface area contributed by atoms with Crippen molar-refractivity contribution in [3.05, 3.63) is 35.3 Å². The van der Waals surface area contributed by atoms with Crippen molar-refractivity contribution in [1.29, 1.82) is 0 Å². The van der Waals surface area contributed by atoms with E-state index in [0.29, 0.717) is 5.70 Å². The third kappa shape index (κ3) is 3.76. The van der Waals surface area contributed by atoms with E-state index in [0.717, 1.165) is 23.9 Å². The van der Waals surface area contributed by atoms with Crippen LogP contribution in [0.15, 0.2) is 35.3 Å². The molecule has 1 fully saturated rings. The molecule has 0 aromatic carbocycles. The molecular formula is C14H23NO. The minimum Gasteiger partial charge on any atom is -0.491 e. The first-order valence-corrected chi connectivity index (χ1v) is 5.94. The quantitative estimate of drug-likeness (QED) is 0.569. The fraction of sp³-hybridized carbons (Fsp3) is 0.571. The number of hydrogen-bond acceptors (Lipinski definition) is 2. The molecule has 0 spiro atoms. The molecular weight excluding hydrogens is 198 g/mol. The van der Waals surface area contributed by atoms with Gasteiger partial charge in [-0.2, -0.15) is 0 Å². The Hall–Kier alpha value is -1.18. The number of allylic oxidation sites excluding steroid dienone is 3. The van der Waals surface area contributed by atoms with E-state index in [2.05, 4.69) is 6.58 Å². The van der Waals surface area contributed by atoms with E-state index in [1.165, 1.54) is 24.8 Å². The lowest BCUT2D eigenvalue weighted by Gasteiger charge is -2.25. The molecule has 0 unspecified atom stereocenters. The van der Waals surface area contributed by atoms with Crippen molar-refractivity contribution < 1.29 is 4.74 Å². The highest BCUT2D eigenvalue weighted by molar-refractivity contribution is 5.32. The summed E-state index contributed by atoms with van der Waals surface area (Å²) in [6.45, 7) is 10.6. The van der Waals surface area contributed by atoms with E-state index in [1.807, 2.05) is 26.8 Å². The zero-order valence-electron chi connectivity index (χ0n) is 10.7. The summed E-state index contributed by atoms with van der Waals surface area (Å²) in [6.07, 6.45) is 5.90. The van der Waals surface area contributed by atoms with Crippen LogP contribution in [-0.2, 0) is 4.74 Å². The van der Waals surface area contributed by atoms with Gasteiger partial charge in [0.25, 0.3) is 0 Å². The topological polar surface area (TPSA) is 35.2 Å². The summed E-state index contributed by atoms with van der Waals surface area (Å²) in [4.78, 5) is 0. The predicted octanol–water partition coefficient (Wildman–Crippen LogP) is 3.52. The predicted molar refractivity (Wildman–Crippen MR) is 68.8 cm³/mol. The Morgan fingerprint density at radius 3 is 2.38 bits per heavy atom. The third-order valence-corrected chi connectivity index (χ3v) is 2.84. The maximum absolute atomic E-state index is 5.97. The summed E-state index contributed by atoms with van der Waals surface area (Å²) >= 11 is 0. The third-order valence-electron chi connectivity index (χ3n) is 2.84. The van der Waals surface area contributed by atoms with Crippen LogP contribution in [0.1, 0.15) is 40.0 Å². The van der Waals surface area contributed by atoms with E-state index in [4.69, 9.17) is 10.5 Å². The summed E-state index contributed by atoms with van der Waals surface area (Å²) in [5, 5.41) is 0. The van der Waals surface area contributed by atoms with Crippen LogP contribution < -0.4 is 5.73 Å². The first kappa shape index (κ1) is 12.9. The van der Waals surface area contributed by atoms with E-state index >= 15 is 0 Å². The molecule has 0 aromatic rings. The van der Waals surface area contributed by atoms with Crippen LogP contribution in [0.5, 0.6) is 0 Å². The molecule has 1 aliphatic carbocycles. The van der Waals surface area contributed by atoms with E-state index < -0.39 is 0 Å². The molecule has 16 heavy (non-hydrogen) atoms. The van der Waals surface area contributed by atoms with Crippen LogP contribution in [0.3, 0.4) is 0 Å². The first-order valence-electron chi connectivity index (χ1n) is 5.94. The lowest BCUT2D eigenvalue weighted by Crippen LogP contribution is -2.18. The number of nitrogens with two attached hydrogens (primary N) is 1. The number of ether oxygens (including phenoxy) is 1. The van der Waals surface area contributed by atoms with Crippen molar-refractivity contribution in [3.8, 4) is 0 Å². The molecule has 0 bridgehead atoms. The standard InChI is InChI=1S/C14H23NO/c1-10(2)8-13(14(15)11(3)4)16-9-12-6-5-7-12/h8,12H,3,5-7,9,15H2,1-2,4H3/b14-13-. The van der Waals surface area contributed by atoms with Gasteiger partial charge in [-0.25, -0.2) is 0 Å². The molecule has 0 radical (unpaired) electrons. The van der Waals surface area contributed by atoms with Gasteiger partial charge in [0.15, 0.2) is 0 Å². The summed E-state index contributed by atoms with van der Waals surface area (Å²) in [7, 11) is 0. The molecule has 1 saturated carbocycles. The number of rotatable bonds is 5. The fourth-order valence-corrected chi connectivity index (χ4v) is 1.54. The maximum atomic E-state index is 5.97. The van der Waals surface area contributed by atoms with Crippen molar-refractivity contribution in [3.63, 3.8) is 0 Å². The van der Waals surface area contributed by atoms with Gasteiger partial charge in [0, 0.05) is 0 Å². The van der Waals surface area contributed by atoms with E-state index in [9.17, 15) is 0 Å². The average molecular weight is 221 g/mol. The molecule has 0 amide bonds. The van der Waals surface area contributed by atoms with E-state index in [-0.39, 0.29) is 0 Å². The van der Waals surface area contributed by atoms with Gasteiger partial charge in [-0.05, 0) is 51.2 Å². The van der Waals surface area contributed by atoms with Gasteiger partial charge in [-0.3, -0.25) is 0 Å². The highest BCUT2D eigenvalue weighted by Gasteiger charge is 2.18. The van der Waals surface area contributed by atoms with Gasteiger partial charge >= 0.3 is 0 Å². The van der Waals surface area contributed by atoms with Crippen molar-refractivity contribution in [2.45, 2.75) is 40.0 Å². The minimum atomic E-state index is 0.667.